The van der Waals surface area contributed by atoms with Crippen LogP contribution in [0.15, 0.2) is 18.2 Å². The number of hydrogen-bond acceptors (Lipinski definition) is 3. The number of halogens is 1. The van der Waals surface area contributed by atoms with Gasteiger partial charge in [-0.15, -0.1) is 0 Å². The van der Waals surface area contributed by atoms with Crippen LogP contribution in [0.5, 0.6) is 5.75 Å². The van der Waals surface area contributed by atoms with E-state index in [2.05, 4.69) is 19.2 Å². The van der Waals surface area contributed by atoms with Gasteiger partial charge in [0.25, 0.3) is 0 Å². The number of aryl methyl sites for hydroxylation is 1. The molecule has 0 bridgehead atoms. The topological polar surface area (TPSA) is 30.5 Å². The Hall–Kier alpha value is -1.13. The molecule has 0 fully saturated rings. The Balaban J connectivity index is 2.61. The number of ether oxygens (including phenoxy) is 2. The molecule has 1 aromatic rings. The zero-order valence-corrected chi connectivity index (χ0v) is 11.5. The summed E-state index contributed by atoms with van der Waals surface area (Å²) in [6.45, 7) is 6.99. The highest BCUT2D eigenvalue weighted by molar-refractivity contribution is 5.28. The first-order valence-corrected chi connectivity index (χ1v) is 6.18. The molecule has 0 heterocycles. The number of hydrogen-bond donors (Lipinski definition) is 1. The average Bonchev–Trinajstić information content (AvgIpc) is 2.31. The second-order valence-corrected chi connectivity index (χ2v) is 4.67. The second-order valence-electron chi connectivity index (χ2n) is 4.67. The maximum atomic E-state index is 13.4. The molecule has 0 spiro atoms. The summed E-state index contributed by atoms with van der Waals surface area (Å²) in [4.78, 5) is 0. The molecular formula is C14H22FNO2. The Kier molecular flexibility index (Phi) is 6.09. The average molecular weight is 255 g/mol. The zero-order valence-electron chi connectivity index (χ0n) is 11.5. The highest BCUT2D eigenvalue weighted by atomic mass is 19.1. The third kappa shape index (κ3) is 5.02. The standard InChI is InChI=1S/C14H22FNO2/c1-10(2)16-8-13(9-17-4)18-12-6-5-11(3)14(15)7-12/h5-7,10,13,16H,8-9H2,1-4H3. The molecule has 3 nitrogen and oxygen atoms in total. The minimum Gasteiger partial charge on any atom is -0.487 e. The lowest BCUT2D eigenvalue weighted by molar-refractivity contribution is 0.0792. The fraction of sp³-hybridized carbons (Fsp3) is 0.571. The summed E-state index contributed by atoms with van der Waals surface area (Å²) in [5.74, 6) is 0.284. The van der Waals surface area contributed by atoms with E-state index in [1.165, 1.54) is 6.07 Å². The summed E-state index contributed by atoms with van der Waals surface area (Å²) < 4.78 is 24.2. The summed E-state index contributed by atoms with van der Waals surface area (Å²) in [6.07, 6.45) is -0.125. The number of rotatable bonds is 7. The first-order chi connectivity index (χ1) is 8.52. The van der Waals surface area contributed by atoms with Gasteiger partial charge in [0.05, 0.1) is 6.61 Å². The Morgan fingerprint density at radius 1 is 1.33 bits per heavy atom. The minimum atomic E-state index is -0.250. The molecule has 0 saturated heterocycles. The Morgan fingerprint density at radius 2 is 2.06 bits per heavy atom. The van der Waals surface area contributed by atoms with Gasteiger partial charge >= 0.3 is 0 Å². The molecule has 4 heteroatoms. The van der Waals surface area contributed by atoms with Crippen LogP contribution in [-0.4, -0.2) is 32.4 Å². The van der Waals surface area contributed by atoms with E-state index in [1.54, 1.807) is 26.2 Å². The van der Waals surface area contributed by atoms with Crippen LogP contribution < -0.4 is 10.1 Å². The number of benzene rings is 1. The maximum absolute atomic E-state index is 13.4. The third-order valence-electron chi connectivity index (χ3n) is 2.55. The van der Waals surface area contributed by atoms with Crippen molar-refractivity contribution in [3.63, 3.8) is 0 Å². The molecule has 0 radical (unpaired) electrons. The van der Waals surface area contributed by atoms with Gasteiger partial charge in [-0.25, -0.2) is 4.39 Å². The van der Waals surface area contributed by atoms with E-state index in [9.17, 15) is 4.39 Å². The SMILES string of the molecule is COCC(CNC(C)C)Oc1ccc(C)c(F)c1. The van der Waals surface area contributed by atoms with Crippen LogP contribution in [-0.2, 0) is 4.74 Å². The molecule has 1 unspecified atom stereocenters. The predicted molar refractivity (Wildman–Crippen MR) is 70.6 cm³/mol. The van der Waals surface area contributed by atoms with E-state index in [0.717, 1.165) is 0 Å². The first-order valence-electron chi connectivity index (χ1n) is 6.18. The maximum Gasteiger partial charge on any atom is 0.134 e. The molecular weight excluding hydrogens is 233 g/mol. The lowest BCUT2D eigenvalue weighted by Crippen LogP contribution is -2.38. The van der Waals surface area contributed by atoms with Crippen molar-refractivity contribution < 1.29 is 13.9 Å². The molecule has 0 aliphatic carbocycles. The van der Waals surface area contributed by atoms with Crippen LogP contribution in [0.25, 0.3) is 0 Å². The molecule has 1 atom stereocenters. The summed E-state index contributed by atoms with van der Waals surface area (Å²) in [6, 6.07) is 5.27. The summed E-state index contributed by atoms with van der Waals surface area (Å²) in [5, 5.41) is 3.28. The Morgan fingerprint density at radius 3 is 2.61 bits per heavy atom. The molecule has 0 amide bonds. The second kappa shape index (κ2) is 7.34. The molecule has 1 rings (SSSR count). The molecule has 102 valence electrons. The van der Waals surface area contributed by atoms with Crippen LogP contribution in [0, 0.1) is 12.7 Å². The van der Waals surface area contributed by atoms with Crippen molar-refractivity contribution in [1.82, 2.24) is 5.32 Å². The molecule has 1 aromatic carbocycles. The van der Waals surface area contributed by atoms with Gasteiger partial charge in [0, 0.05) is 25.8 Å². The zero-order chi connectivity index (χ0) is 13.5. The van der Waals surface area contributed by atoms with E-state index in [4.69, 9.17) is 9.47 Å². The van der Waals surface area contributed by atoms with Crippen molar-refractivity contribution in [3.05, 3.63) is 29.6 Å². The molecule has 18 heavy (non-hydrogen) atoms. The number of nitrogens with one attached hydrogen (secondary N) is 1. The van der Waals surface area contributed by atoms with Gasteiger partial charge in [0.1, 0.15) is 17.7 Å². The van der Waals surface area contributed by atoms with Gasteiger partial charge in [-0.3, -0.25) is 0 Å². The van der Waals surface area contributed by atoms with Crippen LogP contribution in [0.3, 0.4) is 0 Å². The van der Waals surface area contributed by atoms with Crippen LogP contribution >= 0.6 is 0 Å². The van der Waals surface area contributed by atoms with E-state index < -0.39 is 0 Å². The summed E-state index contributed by atoms with van der Waals surface area (Å²) in [5.41, 5.74) is 0.617. The molecule has 0 aliphatic heterocycles. The fourth-order valence-corrected chi connectivity index (χ4v) is 1.53. The van der Waals surface area contributed by atoms with Gasteiger partial charge in [-0.1, -0.05) is 19.9 Å². The Bertz CT molecular complexity index is 369. The van der Waals surface area contributed by atoms with Gasteiger partial charge < -0.3 is 14.8 Å². The lowest BCUT2D eigenvalue weighted by atomic mass is 10.2. The molecule has 0 aromatic heterocycles. The van der Waals surface area contributed by atoms with E-state index in [1.807, 2.05) is 0 Å². The highest BCUT2D eigenvalue weighted by Crippen LogP contribution is 2.17. The quantitative estimate of drug-likeness (QED) is 0.812. The third-order valence-corrected chi connectivity index (χ3v) is 2.55. The Labute approximate surface area is 108 Å². The van der Waals surface area contributed by atoms with Crippen LogP contribution in [0.1, 0.15) is 19.4 Å². The van der Waals surface area contributed by atoms with E-state index >= 15 is 0 Å². The van der Waals surface area contributed by atoms with E-state index in [-0.39, 0.29) is 11.9 Å². The van der Waals surface area contributed by atoms with Crippen LogP contribution in [0.4, 0.5) is 4.39 Å². The summed E-state index contributed by atoms with van der Waals surface area (Å²) in [7, 11) is 1.63. The smallest absolute Gasteiger partial charge is 0.134 e. The van der Waals surface area contributed by atoms with Crippen molar-refractivity contribution in [2.45, 2.75) is 32.9 Å². The molecule has 1 N–H and O–H groups in total. The van der Waals surface area contributed by atoms with Crippen molar-refractivity contribution in [2.75, 3.05) is 20.3 Å². The molecule has 0 aliphatic rings. The largest absolute Gasteiger partial charge is 0.487 e. The first kappa shape index (κ1) is 14.9. The highest BCUT2D eigenvalue weighted by Gasteiger charge is 2.11. The minimum absolute atomic E-state index is 0.125. The fourth-order valence-electron chi connectivity index (χ4n) is 1.53. The van der Waals surface area contributed by atoms with Crippen molar-refractivity contribution in [3.8, 4) is 5.75 Å². The molecule has 0 saturated carbocycles. The number of methoxy groups -OCH3 is 1. The predicted octanol–water partition coefficient (Wildman–Crippen LogP) is 2.53. The van der Waals surface area contributed by atoms with Crippen molar-refractivity contribution in [1.29, 1.82) is 0 Å². The van der Waals surface area contributed by atoms with Crippen LogP contribution in [0.2, 0.25) is 0 Å². The normalized spacial score (nSPS) is 12.8. The monoisotopic (exact) mass is 255 g/mol. The van der Waals surface area contributed by atoms with Gasteiger partial charge in [0.2, 0.25) is 0 Å². The van der Waals surface area contributed by atoms with E-state index in [0.29, 0.717) is 30.5 Å². The lowest BCUT2D eigenvalue weighted by Gasteiger charge is -2.20. The van der Waals surface area contributed by atoms with Gasteiger partial charge in [-0.2, -0.15) is 0 Å². The summed E-state index contributed by atoms with van der Waals surface area (Å²) >= 11 is 0. The van der Waals surface area contributed by atoms with Gasteiger partial charge in [0.15, 0.2) is 0 Å². The van der Waals surface area contributed by atoms with Gasteiger partial charge in [-0.05, 0) is 18.6 Å². The van der Waals surface area contributed by atoms with Crippen molar-refractivity contribution >= 4 is 0 Å². The van der Waals surface area contributed by atoms with Crippen molar-refractivity contribution in [2.24, 2.45) is 0 Å².